The SMILES string of the molecule is COc1cc(C=Nc2ccc(C)c([N+](=O)[O-])c2)ccc1OCc1ccc(C(=O)O)o1. The number of ether oxygens (including phenoxy) is 2. The van der Waals surface area contributed by atoms with Gasteiger partial charge in [-0.2, -0.15) is 0 Å². The van der Waals surface area contributed by atoms with Crippen molar-refractivity contribution in [3.63, 3.8) is 0 Å². The van der Waals surface area contributed by atoms with E-state index in [4.69, 9.17) is 19.0 Å². The largest absolute Gasteiger partial charge is 0.493 e. The monoisotopic (exact) mass is 410 g/mol. The Morgan fingerprint density at radius 1 is 1.20 bits per heavy atom. The van der Waals surface area contributed by atoms with Crippen molar-refractivity contribution in [2.24, 2.45) is 4.99 Å². The smallest absolute Gasteiger partial charge is 0.371 e. The summed E-state index contributed by atoms with van der Waals surface area (Å²) in [4.78, 5) is 25.8. The number of hydrogen-bond donors (Lipinski definition) is 1. The van der Waals surface area contributed by atoms with E-state index in [0.29, 0.717) is 34.1 Å². The van der Waals surface area contributed by atoms with Crippen LogP contribution in [-0.2, 0) is 6.61 Å². The number of hydrogen-bond acceptors (Lipinski definition) is 7. The molecule has 30 heavy (non-hydrogen) atoms. The van der Waals surface area contributed by atoms with Gasteiger partial charge in [0.25, 0.3) is 5.69 Å². The molecule has 0 aliphatic rings. The van der Waals surface area contributed by atoms with Crippen molar-refractivity contribution in [2.45, 2.75) is 13.5 Å². The number of aliphatic imine (C=N–C) groups is 1. The van der Waals surface area contributed by atoms with Crippen molar-refractivity contribution in [3.05, 3.63) is 81.3 Å². The Balaban J connectivity index is 1.73. The van der Waals surface area contributed by atoms with Crippen LogP contribution in [0.25, 0.3) is 0 Å². The van der Waals surface area contributed by atoms with Crippen LogP contribution in [0.2, 0.25) is 0 Å². The third-order valence-corrected chi connectivity index (χ3v) is 4.18. The van der Waals surface area contributed by atoms with E-state index in [2.05, 4.69) is 4.99 Å². The Morgan fingerprint density at radius 3 is 2.67 bits per heavy atom. The lowest BCUT2D eigenvalue weighted by Gasteiger charge is -2.10. The third-order valence-electron chi connectivity index (χ3n) is 4.18. The van der Waals surface area contributed by atoms with Crippen LogP contribution in [0.3, 0.4) is 0 Å². The summed E-state index contributed by atoms with van der Waals surface area (Å²) in [5.41, 5.74) is 1.73. The second-order valence-electron chi connectivity index (χ2n) is 6.26. The lowest BCUT2D eigenvalue weighted by molar-refractivity contribution is -0.385. The normalized spacial score (nSPS) is 10.9. The summed E-state index contributed by atoms with van der Waals surface area (Å²) in [6.45, 7) is 1.70. The van der Waals surface area contributed by atoms with Gasteiger partial charge in [0.15, 0.2) is 11.5 Å². The first kappa shape index (κ1) is 20.6. The maximum atomic E-state index is 11.1. The quantitative estimate of drug-likeness (QED) is 0.328. The molecule has 0 spiro atoms. The molecule has 0 saturated carbocycles. The molecule has 3 rings (SSSR count). The minimum absolute atomic E-state index is 0.00922. The van der Waals surface area contributed by atoms with Crippen molar-refractivity contribution < 1.29 is 28.7 Å². The number of aryl methyl sites for hydroxylation is 1. The molecule has 0 fully saturated rings. The highest BCUT2D eigenvalue weighted by molar-refractivity contribution is 5.84. The highest BCUT2D eigenvalue weighted by Crippen LogP contribution is 2.29. The first-order valence-electron chi connectivity index (χ1n) is 8.79. The molecule has 0 atom stereocenters. The molecule has 3 aromatic rings. The molecule has 154 valence electrons. The highest BCUT2D eigenvalue weighted by Gasteiger charge is 2.12. The number of aromatic carboxylic acids is 1. The Kier molecular flexibility index (Phi) is 6.11. The molecule has 0 aliphatic heterocycles. The standard InChI is InChI=1S/C21H18N2O7/c1-13-3-5-15(10-17(13)23(26)27)22-11-14-4-7-18(20(9-14)28-2)29-12-16-6-8-19(30-16)21(24)25/h3-11H,12H2,1-2H3,(H,24,25). The summed E-state index contributed by atoms with van der Waals surface area (Å²) < 4.78 is 16.1. The van der Waals surface area contributed by atoms with E-state index < -0.39 is 10.9 Å². The fraction of sp³-hybridized carbons (Fsp3) is 0.143. The summed E-state index contributed by atoms with van der Waals surface area (Å²) in [6.07, 6.45) is 1.56. The van der Waals surface area contributed by atoms with Gasteiger partial charge in [-0.05, 0) is 48.9 Å². The van der Waals surface area contributed by atoms with E-state index in [0.717, 1.165) is 0 Å². The van der Waals surface area contributed by atoms with Crippen LogP contribution in [0.4, 0.5) is 11.4 Å². The van der Waals surface area contributed by atoms with Gasteiger partial charge in [0.1, 0.15) is 12.4 Å². The third kappa shape index (κ3) is 4.82. The van der Waals surface area contributed by atoms with E-state index in [-0.39, 0.29) is 18.1 Å². The van der Waals surface area contributed by atoms with Gasteiger partial charge in [-0.15, -0.1) is 0 Å². The molecule has 0 aliphatic carbocycles. The fourth-order valence-electron chi connectivity index (χ4n) is 2.63. The summed E-state index contributed by atoms with van der Waals surface area (Å²) in [6, 6.07) is 12.8. The number of nitrogens with zero attached hydrogens (tertiary/aromatic N) is 2. The molecule has 0 radical (unpaired) electrons. The van der Waals surface area contributed by atoms with Crippen molar-refractivity contribution in [2.75, 3.05) is 7.11 Å². The van der Waals surface area contributed by atoms with E-state index >= 15 is 0 Å². The summed E-state index contributed by atoms with van der Waals surface area (Å²) in [5, 5.41) is 19.9. The van der Waals surface area contributed by atoms with Crippen LogP contribution in [0.1, 0.15) is 27.4 Å². The molecular formula is C21H18N2O7. The second-order valence-corrected chi connectivity index (χ2v) is 6.26. The number of nitro groups is 1. The zero-order valence-corrected chi connectivity index (χ0v) is 16.2. The van der Waals surface area contributed by atoms with E-state index in [1.807, 2.05) is 0 Å². The molecule has 0 amide bonds. The molecule has 0 bridgehead atoms. The Hall–Kier alpha value is -4.14. The van der Waals surface area contributed by atoms with Gasteiger partial charge in [-0.3, -0.25) is 15.1 Å². The van der Waals surface area contributed by atoms with Crippen molar-refractivity contribution >= 4 is 23.6 Å². The lowest BCUT2D eigenvalue weighted by atomic mass is 10.2. The molecule has 9 heteroatoms. The lowest BCUT2D eigenvalue weighted by Crippen LogP contribution is -1.98. The molecule has 0 unspecified atom stereocenters. The summed E-state index contributed by atoms with van der Waals surface area (Å²) in [5.74, 6) is -0.0707. The molecule has 1 heterocycles. The molecular weight excluding hydrogens is 392 g/mol. The Labute approximate surface area is 171 Å². The minimum atomic E-state index is -1.15. The van der Waals surface area contributed by atoms with Crippen molar-refractivity contribution in [1.29, 1.82) is 0 Å². The average molecular weight is 410 g/mol. The van der Waals surface area contributed by atoms with Gasteiger partial charge >= 0.3 is 5.97 Å². The zero-order chi connectivity index (χ0) is 21.7. The van der Waals surface area contributed by atoms with Crippen LogP contribution in [-0.4, -0.2) is 29.3 Å². The number of benzene rings is 2. The topological polar surface area (TPSA) is 124 Å². The number of nitro benzene ring substituents is 1. The number of carboxylic acid groups (broad SMARTS) is 1. The first-order chi connectivity index (χ1) is 14.4. The highest BCUT2D eigenvalue weighted by atomic mass is 16.6. The van der Waals surface area contributed by atoms with Gasteiger partial charge < -0.3 is 19.0 Å². The van der Waals surface area contributed by atoms with Crippen LogP contribution < -0.4 is 9.47 Å². The van der Waals surface area contributed by atoms with Gasteiger partial charge in [0.05, 0.1) is 17.7 Å². The van der Waals surface area contributed by atoms with Crippen molar-refractivity contribution in [3.8, 4) is 11.5 Å². The molecule has 2 aromatic carbocycles. The maximum Gasteiger partial charge on any atom is 0.371 e. The second kappa shape index (κ2) is 8.91. The molecule has 9 nitrogen and oxygen atoms in total. The van der Waals surface area contributed by atoms with E-state index in [1.165, 1.54) is 25.3 Å². The van der Waals surface area contributed by atoms with E-state index in [9.17, 15) is 14.9 Å². The number of carbonyl (C=O) groups is 1. The Morgan fingerprint density at radius 2 is 2.00 bits per heavy atom. The fourth-order valence-corrected chi connectivity index (χ4v) is 2.63. The van der Waals surface area contributed by atoms with E-state index in [1.54, 1.807) is 43.5 Å². The number of furan rings is 1. The minimum Gasteiger partial charge on any atom is -0.493 e. The average Bonchev–Trinajstić information content (AvgIpc) is 3.21. The molecule has 0 saturated heterocycles. The predicted octanol–water partition coefficient (Wildman–Crippen LogP) is 4.53. The van der Waals surface area contributed by atoms with Crippen molar-refractivity contribution in [1.82, 2.24) is 0 Å². The van der Waals surface area contributed by atoms with Crippen LogP contribution in [0.5, 0.6) is 11.5 Å². The summed E-state index contributed by atoms with van der Waals surface area (Å²) in [7, 11) is 1.49. The molecule has 1 N–H and O–H groups in total. The summed E-state index contributed by atoms with van der Waals surface area (Å²) >= 11 is 0. The first-order valence-corrected chi connectivity index (χ1v) is 8.79. The molecule has 1 aromatic heterocycles. The maximum absolute atomic E-state index is 11.1. The van der Waals surface area contributed by atoms with Gasteiger partial charge in [0, 0.05) is 17.8 Å². The number of carboxylic acids is 1. The van der Waals surface area contributed by atoms with Crippen LogP contribution in [0, 0.1) is 17.0 Å². The van der Waals surface area contributed by atoms with Gasteiger partial charge in [-0.1, -0.05) is 6.07 Å². The zero-order valence-electron chi connectivity index (χ0n) is 16.2. The number of rotatable bonds is 8. The van der Waals surface area contributed by atoms with Gasteiger partial charge in [-0.25, -0.2) is 4.79 Å². The number of methoxy groups -OCH3 is 1. The Bertz CT molecular complexity index is 1120. The van der Waals surface area contributed by atoms with Crippen LogP contribution in [0.15, 0.2) is 57.9 Å². The van der Waals surface area contributed by atoms with Gasteiger partial charge in [0.2, 0.25) is 5.76 Å². The van der Waals surface area contributed by atoms with Crippen LogP contribution >= 0.6 is 0 Å². The predicted molar refractivity (Wildman–Crippen MR) is 108 cm³/mol.